The smallest absolute Gasteiger partial charge is 0.248 e. The van der Waals surface area contributed by atoms with Crippen LogP contribution in [0.25, 0.3) is 10.9 Å². The van der Waals surface area contributed by atoms with Crippen LogP contribution in [0, 0.1) is 5.92 Å². The van der Waals surface area contributed by atoms with Crippen LogP contribution in [0.2, 0.25) is 0 Å². The summed E-state index contributed by atoms with van der Waals surface area (Å²) in [5, 5.41) is 7.25. The summed E-state index contributed by atoms with van der Waals surface area (Å²) in [6.45, 7) is 26.6. The van der Waals surface area contributed by atoms with Gasteiger partial charge in [0.05, 0.1) is 19.2 Å². The van der Waals surface area contributed by atoms with Gasteiger partial charge < -0.3 is 25.1 Å². The van der Waals surface area contributed by atoms with Crippen LogP contribution in [0.1, 0.15) is 82.1 Å². The molecule has 0 fully saturated rings. The van der Waals surface area contributed by atoms with E-state index >= 15 is 0 Å². The summed E-state index contributed by atoms with van der Waals surface area (Å²) in [5.41, 5.74) is 2.94. The Morgan fingerprint density at radius 2 is 1.60 bits per heavy atom. The molecule has 0 saturated heterocycles. The normalized spacial score (nSPS) is 10.7. The fraction of sp³-hybridized carbons (Fsp3) is 0.559. The maximum atomic E-state index is 11.0. The number of H-pyrrole nitrogens is 1. The largest absolute Gasteiger partial charge is 0.497 e. The van der Waals surface area contributed by atoms with Crippen LogP contribution in [-0.2, 0) is 4.74 Å². The van der Waals surface area contributed by atoms with Crippen molar-refractivity contribution in [1.29, 1.82) is 0 Å². The molecule has 3 N–H and O–H groups in total. The molecule has 6 heteroatoms. The minimum Gasteiger partial charge on any atom is -0.497 e. The number of nitrogens with one attached hydrogen (secondary N) is 3. The molecule has 40 heavy (non-hydrogen) atoms. The third-order valence-electron chi connectivity index (χ3n) is 4.70. The number of fused-ring (bicyclic) bond motifs is 1. The Morgan fingerprint density at radius 3 is 2.05 bits per heavy atom. The van der Waals surface area contributed by atoms with Crippen molar-refractivity contribution in [2.45, 2.75) is 88.1 Å². The first kappa shape index (κ1) is 41.6. The van der Waals surface area contributed by atoms with Crippen molar-refractivity contribution in [1.82, 2.24) is 15.6 Å². The van der Waals surface area contributed by atoms with Crippen molar-refractivity contribution in [3.63, 3.8) is 0 Å². The van der Waals surface area contributed by atoms with E-state index in [4.69, 9.17) is 9.47 Å². The highest BCUT2D eigenvalue weighted by molar-refractivity contribution is 5.79. The number of aromatic amines is 1. The topological polar surface area (TPSA) is 75.4 Å². The molecule has 1 aromatic heterocycles. The van der Waals surface area contributed by atoms with Crippen molar-refractivity contribution < 1.29 is 9.47 Å². The van der Waals surface area contributed by atoms with Crippen molar-refractivity contribution in [3.05, 3.63) is 76.3 Å². The van der Waals surface area contributed by atoms with E-state index in [9.17, 15) is 4.79 Å². The summed E-state index contributed by atoms with van der Waals surface area (Å²) in [6, 6.07) is 9.51. The molecule has 0 amide bonds. The van der Waals surface area contributed by atoms with Gasteiger partial charge in [0.25, 0.3) is 0 Å². The quantitative estimate of drug-likeness (QED) is 0.202. The van der Waals surface area contributed by atoms with E-state index in [1.165, 1.54) is 18.1 Å². The Kier molecular flexibility index (Phi) is 28.9. The lowest BCUT2D eigenvalue weighted by atomic mass is 10.2. The Labute approximate surface area is 246 Å². The second-order valence-corrected chi connectivity index (χ2v) is 9.99. The third-order valence-corrected chi connectivity index (χ3v) is 4.70. The molecule has 0 radical (unpaired) electrons. The summed E-state index contributed by atoms with van der Waals surface area (Å²) in [4.78, 5) is 13.7. The average molecular weight is 560 g/mol. The van der Waals surface area contributed by atoms with E-state index in [-0.39, 0.29) is 5.56 Å². The molecule has 1 atom stereocenters. The maximum absolute atomic E-state index is 11.0. The highest BCUT2D eigenvalue weighted by atomic mass is 16.5. The van der Waals surface area contributed by atoms with Crippen molar-refractivity contribution in [3.8, 4) is 5.75 Å². The second-order valence-electron chi connectivity index (χ2n) is 9.99. The Hall–Kier alpha value is -2.83. The summed E-state index contributed by atoms with van der Waals surface area (Å²) in [5.74, 6) is 2.47. The molecule has 0 aliphatic carbocycles. The summed E-state index contributed by atoms with van der Waals surface area (Å²) >= 11 is 0. The van der Waals surface area contributed by atoms with Crippen LogP contribution in [0.5, 0.6) is 5.75 Å². The Bertz CT molecular complexity index is 1000. The van der Waals surface area contributed by atoms with Gasteiger partial charge in [0.2, 0.25) is 5.56 Å². The first-order valence-electron chi connectivity index (χ1n) is 14.5. The molecule has 0 bridgehead atoms. The lowest BCUT2D eigenvalue weighted by Crippen LogP contribution is -2.25. The van der Waals surface area contributed by atoms with Crippen molar-refractivity contribution in [2.24, 2.45) is 5.92 Å². The highest BCUT2D eigenvalue weighted by Gasteiger charge is 1.97. The number of pyridine rings is 1. The molecular weight excluding hydrogens is 498 g/mol. The van der Waals surface area contributed by atoms with Gasteiger partial charge in [0.1, 0.15) is 11.5 Å². The number of aromatic nitrogens is 1. The number of rotatable bonds is 10. The molecule has 6 nitrogen and oxygen atoms in total. The van der Waals surface area contributed by atoms with Gasteiger partial charge in [-0.2, -0.15) is 0 Å². The van der Waals surface area contributed by atoms with E-state index in [1.807, 2.05) is 59.2 Å². The van der Waals surface area contributed by atoms with Crippen LogP contribution in [0.4, 0.5) is 0 Å². The van der Waals surface area contributed by atoms with Gasteiger partial charge in [-0.05, 0) is 102 Å². The second kappa shape index (κ2) is 27.7. The highest BCUT2D eigenvalue weighted by Crippen LogP contribution is 2.17. The van der Waals surface area contributed by atoms with Gasteiger partial charge in [-0.1, -0.05) is 59.8 Å². The lowest BCUT2D eigenvalue weighted by molar-refractivity contribution is 0.220. The zero-order valence-corrected chi connectivity index (χ0v) is 28.0. The molecule has 2 rings (SSSR count). The number of methoxy groups -OCH3 is 1. The standard InChI is InChI=1S/C12H20O.C10H9NO2.C6H16N2.C4H10.C2H6/c1-6-9-13-12(11(4)5)8-7-10(2)3;1-13-8-4-2-7-3-5-10(12)11-9(7)6-8;1-6(8-3)4-5-7-2;1-4(2)3;1-2/h7-8H,4,6,9H2,1-3,5H3;2-6H,1H3,(H,11,12);6-8H,4-5H2,1-3H3;4H,1-3H3;1-2H3/b12-8+;;;;. The van der Waals surface area contributed by atoms with Gasteiger partial charge in [0.15, 0.2) is 0 Å². The zero-order chi connectivity index (χ0) is 31.5. The third kappa shape index (κ3) is 25.4. The minimum atomic E-state index is -0.0965. The molecule has 1 unspecified atom stereocenters. The predicted octanol–water partition coefficient (Wildman–Crippen LogP) is 8.27. The maximum Gasteiger partial charge on any atom is 0.248 e. The molecule has 230 valence electrons. The number of ether oxygens (including phenoxy) is 2. The average Bonchev–Trinajstić information content (AvgIpc) is 2.92. The van der Waals surface area contributed by atoms with E-state index in [0.29, 0.717) is 6.04 Å². The number of benzene rings is 1. The molecule has 0 aliphatic heterocycles. The minimum absolute atomic E-state index is 0.0965. The van der Waals surface area contributed by atoms with Crippen LogP contribution in [0.3, 0.4) is 0 Å². The Morgan fingerprint density at radius 1 is 1.02 bits per heavy atom. The van der Waals surface area contributed by atoms with Gasteiger partial charge in [-0.25, -0.2) is 0 Å². The monoisotopic (exact) mass is 559 g/mol. The van der Waals surface area contributed by atoms with E-state index < -0.39 is 0 Å². The molecule has 0 saturated carbocycles. The first-order chi connectivity index (χ1) is 18.9. The van der Waals surface area contributed by atoms with Crippen molar-refractivity contribution >= 4 is 10.9 Å². The molecule has 1 aromatic carbocycles. The molecule has 1 heterocycles. The van der Waals surface area contributed by atoms with Crippen molar-refractivity contribution in [2.75, 3.05) is 34.4 Å². The molecule has 0 spiro atoms. The molecule has 0 aliphatic rings. The van der Waals surface area contributed by atoms with Gasteiger partial charge in [-0.3, -0.25) is 4.79 Å². The Balaban J connectivity index is -0.000000478. The summed E-state index contributed by atoms with van der Waals surface area (Å²) < 4.78 is 10.6. The summed E-state index contributed by atoms with van der Waals surface area (Å²) in [7, 11) is 5.56. The first-order valence-corrected chi connectivity index (χ1v) is 14.5. The number of hydrogen-bond acceptors (Lipinski definition) is 5. The number of hydrogen-bond donors (Lipinski definition) is 3. The number of allylic oxidation sites excluding steroid dienone is 4. The SMILES string of the molecule is C=C(C)/C(=C\C=C(C)C)OCCC.CC.CC(C)C.CNCCC(C)NC.COc1ccc2ccc(=O)[nH]c2c1. The summed E-state index contributed by atoms with van der Waals surface area (Å²) in [6.07, 6.45) is 6.25. The van der Waals surface area contributed by atoms with E-state index in [0.717, 1.165) is 53.5 Å². The fourth-order valence-electron chi connectivity index (χ4n) is 2.53. The van der Waals surface area contributed by atoms with E-state index in [2.05, 4.69) is 70.7 Å². The van der Waals surface area contributed by atoms with Crippen LogP contribution in [-0.4, -0.2) is 45.4 Å². The van der Waals surface area contributed by atoms with E-state index in [1.54, 1.807) is 19.2 Å². The van der Waals surface area contributed by atoms with Crippen LogP contribution >= 0.6 is 0 Å². The zero-order valence-electron chi connectivity index (χ0n) is 28.0. The predicted molar refractivity (Wildman–Crippen MR) is 179 cm³/mol. The van der Waals surface area contributed by atoms with Gasteiger partial charge in [0, 0.05) is 18.2 Å². The fourth-order valence-corrected chi connectivity index (χ4v) is 2.53. The van der Waals surface area contributed by atoms with Crippen LogP contribution in [0.15, 0.2) is 70.8 Å². The van der Waals surface area contributed by atoms with Gasteiger partial charge >= 0.3 is 0 Å². The van der Waals surface area contributed by atoms with Crippen LogP contribution < -0.4 is 20.9 Å². The molecule has 2 aromatic rings. The lowest BCUT2D eigenvalue weighted by Gasteiger charge is -2.07. The molecular formula is C34H61N3O3. The van der Waals surface area contributed by atoms with Gasteiger partial charge in [-0.15, -0.1) is 0 Å².